The van der Waals surface area contributed by atoms with Crippen molar-refractivity contribution in [1.29, 1.82) is 0 Å². The van der Waals surface area contributed by atoms with Gasteiger partial charge < -0.3 is 10.6 Å². The molecule has 2 N–H and O–H groups in total. The molecule has 0 radical (unpaired) electrons. The number of carbonyl (C=O) groups excluding carboxylic acids is 1. The zero-order valence-electron chi connectivity index (χ0n) is 10.6. The van der Waals surface area contributed by atoms with Gasteiger partial charge >= 0.3 is 0 Å². The van der Waals surface area contributed by atoms with Gasteiger partial charge in [0.1, 0.15) is 0 Å². The second kappa shape index (κ2) is 4.70. The maximum absolute atomic E-state index is 12.4. The van der Waals surface area contributed by atoms with E-state index >= 15 is 0 Å². The van der Waals surface area contributed by atoms with E-state index in [4.69, 9.17) is 18.0 Å². The highest BCUT2D eigenvalue weighted by Gasteiger charge is 2.41. The number of amides is 1. The topological polar surface area (TPSA) is 46.3 Å². The molecule has 2 unspecified atom stereocenters. The van der Waals surface area contributed by atoms with Crippen LogP contribution in [0.3, 0.4) is 0 Å². The first kappa shape index (κ1) is 13.4. The Morgan fingerprint density at radius 1 is 1.50 bits per heavy atom. The fourth-order valence-electron chi connectivity index (χ4n) is 2.27. The molecule has 1 amide bonds. The van der Waals surface area contributed by atoms with Gasteiger partial charge in [-0.25, -0.2) is 0 Å². The van der Waals surface area contributed by atoms with Crippen molar-refractivity contribution in [1.82, 2.24) is 4.90 Å². The number of carbonyl (C=O) groups is 1. The molecule has 1 saturated heterocycles. The fourth-order valence-corrected chi connectivity index (χ4v) is 2.35. The summed E-state index contributed by atoms with van der Waals surface area (Å²) in [6, 6.07) is 0.669. The molecule has 4 heteroatoms. The lowest BCUT2D eigenvalue weighted by Gasteiger charge is -2.35. The Morgan fingerprint density at radius 3 is 2.50 bits per heavy atom. The van der Waals surface area contributed by atoms with E-state index in [1.807, 2.05) is 18.7 Å². The Morgan fingerprint density at radius 2 is 2.06 bits per heavy atom. The summed E-state index contributed by atoms with van der Waals surface area (Å²) in [6.07, 6.45) is 3.18. The van der Waals surface area contributed by atoms with E-state index < -0.39 is 5.41 Å². The predicted molar refractivity (Wildman–Crippen MR) is 70.2 cm³/mol. The summed E-state index contributed by atoms with van der Waals surface area (Å²) >= 11 is 4.99. The van der Waals surface area contributed by atoms with Gasteiger partial charge in [0.25, 0.3) is 0 Å². The highest BCUT2D eigenvalue weighted by molar-refractivity contribution is 7.80. The van der Waals surface area contributed by atoms with Crippen molar-refractivity contribution in [2.24, 2.45) is 11.1 Å². The largest absolute Gasteiger partial charge is 0.392 e. The highest BCUT2D eigenvalue weighted by atomic mass is 32.1. The Kier molecular flexibility index (Phi) is 3.94. The van der Waals surface area contributed by atoms with Crippen LogP contribution in [-0.2, 0) is 4.79 Å². The van der Waals surface area contributed by atoms with Gasteiger partial charge in [0.2, 0.25) is 5.91 Å². The maximum atomic E-state index is 12.4. The summed E-state index contributed by atoms with van der Waals surface area (Å²) in [5.41, 5.74) is 4.93. The van der Waals surface area contributed by atoms with Crippen molar-refractivity contribution in [3.8, 4) is 0 Å². The molecule has 2 atom stereocenters. The van der Waals surface area contributed by atoms with E-state index in [9.17, 15) is 4.79 Å². The summed E-state index contributed by atoms with van der Waals surface area (Å²) in [6.45, 7) is 7.85. The van der Waals surface area contributed by atoms with E-state index in [0.29, 0.717) is 12.1 Å². The van der Waals surface area contributed by atoms with Crippen LogP contribution in [-0.4, -0.2) is 27.9 Å². The molecular formula is C12H22N2OS. The SMILES string of the molecule is CCC1CCC(C)N1C(=O)C(C)(C)C(N)=S. The van der Waals surface area contributed by atoms with Gasteiger partial charge in [-0.05, 0) is 40.0 Å². The van der Waals surface area contributed by atoms with Gasteiger partial charge in [-0.1, -0.05) is 19.1 Å². The standard InChI is InChI=1S/C12H22N2OS/c1-5-9-7-6-8(2)14(9)11(15)12(3,4)10(13)16/h8-9H,5-7H2,1-4H3,(H2,13,16). The summed E-state index contributed by atoms with van der Waals surface area (Å²) in [7, 11) is 0. The lowest BCUT2D eigenvalue weighted by Crippen LogP contribution is -2.51. The Hall–Kier alpha value is -0.640. The van der Waals surface area contributed by atoms with Crippen LogP contribution in [0.2, 0.25) is 0 Å². The van der Waals surface area contributed by atoms with Crippen LogP contribution in [0.5, 0.6) is 0 Å². The molecule has 92 valence electrons. The quantitative estimate of drug-likeness (QED) is 0.771. The molecule has 0 aromatic carbocycles. The summed E-state index contributed by atoms with van der Waals surface area (Å²) in [5.74, 6) is 0.0804. The van der Waals surface area contributed by atoms with Gasteiger partial charge in [0, 0.05) is 12.1 Å². The second-order valence-corrected chi connectivity index (χ2v) is 5.63. The van der Waals surface area contributed by atoms with Gasteiger partial charge in [-0.2, -0.15) is 0 Å². The third kappa shape index (κ3) is 2.21. The molecule has 1 rings (SSSR count). The molecule has 0 spiro atoms. The van der Waals surface area contributed by atoms with E-state index in [1.54, 1.807) is 0 Å². The minimum Gasteiger partial charge on any atom is -0.392 e. The Balaban J connectivity index is 2.91. The van der Waals surface area contributed by atoms with Gasteiger partial charge in [0.15, 0.2) is 0 Å². The van der Waals surface area contributed by atoms with E-state index in [2.05, 4.69) is 13.8 Å². The van der Waals surface area contributed by atoms with Gasteiger partial charge in [-0.3, -0.25) is 4.79 Å². The van der Waals surface area contributed by atoms with Crippen LogP contribution in [0.15, 0.2) is 0 Å². The monoisotopic (exact) mass is 242 g/mol. The molecule has 1 aliphatic heterocycles. The molecule has 3 nitrogen and oxygen atoms in total. The number of thiocarbonyl (C=S) groups is 1. The third-order valence-electron chi connectivity index (χ3n) is 3.64. The van der Waals surface area contributed by atoms with Crippen molar-refractivity contribution >= 4 is 23.1 Å². The van der Waals surface area contributed by atoms with Gasteiger partial charge in [0.05, 0.1) is 10.4 Å². The van der Waals surface area contributed by atoms with Crippen molar-refractivity contribution in [3.63, 3.8) is 0 Å². The van der Waals surface area contributed by atoms with Crippen molar-refractivity contribution in [3.05, 3.63) is 0 Å². The van der Waals surface area contributed by atoms with Crippen LogP contribution in [0, 0.1) is 5.41 Å². The van der Waals surface area contributed by atoms with Crippen LogP contribution in [0.4, 0.5) is 0 Å². The highest BCUT2D eigenvalue weighted by Crippen LogP contribution is 2.31. The molecule has 0 bridgehead atoms. The minimum absolute atomic E-state index is 0.0804. The molecule has 16 heavy (non-hydrogen) atoms. The lowest BCUT2D eigenvalue weighted by atomic mass is 9.90. The van der Waals surface area contributed by atoms with Crippen molar-refractivity contribution < 1.29 is 4.79 Å². The average molecular weight is 242 g/mol. The fraction of sp³-hybridized carbons (Fsp3) is 0.833. The molecule has 1 heterocycles. The van der Waals surface area contributed by atoms with Crippen molar-refractivity contribution in [2.75, 3.05) is 0 Å². The number of likely N-dealkylation sites (tertiary alicyclic amines) is 1. The number of hydrogen-bond donors (Lipinski definition) is 1. The maximum Gasteiger partial charge on any atom is 0.235 e. The number of hydrogen-bond acceptors (Lipinski definition) is 2. The summed E-state index contributed by atoms with van der Waals surface area (Å²) in [5, 5.41) is 0. The van der Waals surface area contributed by atoms with E-state index in [-0.39, 0.29) is 10.9 Å². The van der Waals surface area contributed by atoms with Crippen LogP contribution < -0.4 is 5.73 Å². The smallest absolute Gasteiger partial charge is 0.235 e. The second-order valence-electron chi connectivity index (χ2n) is 5.19. The molecule has 1 fully saturated rings. The molecule has 1 aliphatic rings. The summed E-state index contributed by atoms with van der Waals surface area (Å²) in [4.78, 5) is 14.7. The first-order valence-electron chi connectivity index (χ1n) is 5.95. The average Bonchev–Trinajstić information content (AvgIpc) is 2.57. The predicted octanol–water partition coefficient (Wildman–Crippen LogP) is 2.09. The van der Waals surface area contributed by atoms with E-state index in [1.165, 1.54) is 0 Å². The molecule has 0 saturated carbocycles. The number of nitrogens with two attached hydrogens (primary N) is 1. The molecular weight excluding hydrogens is 220 g/mol. The Bertz CT molecular complexity index is 301. The normalized spacial score (nSPS) is 25.9. The van der Waals surface area contributed by atoms with Crippen molar-refractivity contribution in [2.45, 2.75) is 59.0 Å². The first-order chi connectivity index (χ1) is 7.32. The zero-order chi connectivity index (χ0) is 12.5. The van der Waals surface area contributed by atoms with Gasteiger partial charge in [-0.15, -0.1) is 0 Å². The number of rotatable bonds is 3. The molecule has 0 aromatic rings. The zero-order valence-corrected chi connectivity index (χ0v) is 11.4. The third-order valence-corrected chi connectivity index (χ3v) is 4.15. The Labute approximate surface area is 103 Å². The van der Waals surface area contributed by atoms with Crippen LogP contribution in [0.25, 0.3) is 0 Å². The van der Waals surface area contributed by atoms with Crippen LogP contribution >= 0.6 is 12.2 Å². The molecule has 0 aromatic heterocycles. The minimum atomic E-state index is -0.721. The van der Waals surface area contributed by atoms with E-state index in [0.717, 1.165) is 19.3 Å². The number of nitrogens with zero attached hydrogens (tertiary/aromatic N) is 1. The first-order valence-corrected chi connectivity index (χ1v) is 6.35. The van der Waals surface area contributed by atoms with Crippen LogP contribution in [0.1, 0.15) is 47.0 Å². The molecule has 0 aliphatic carbocycles. The lowest BCUT2D eigenvalue weighted by molar-refractivity contribution is -0.139. The summed E-state index contributed by atoms with van der Waals surface area (Å²) < 4.78 is 0.